The maximum atomic E-state index is 5.85. The number of anilines is 2. The summed E-state index contributed by atoms with van der Waals surface area (Å²) in [6, 6.07) is 17.9. The first-order valence-corrected chi connectivity index (χ1v) is 8.93. The molecule has 27 heavy (non-hydrogen) atoms. The van der Waals surface area contributed by atoms with Gasteiger partial charge in [0, 0.05) is 24.1 Å². The molecule has 0 amide bonds. The van der Waals surface area contributed by atoms with Crippen LogP contribution in [0.25, 0.3) is 11.0 Å². The van der Waals surface area contributed by atoms with Crippen molar-refractivity contribution in [3.8, 4) is 11.5 Å². The van der Waals surface area contributed by atoms with E-state index in [-0.39, 0.29) is 5.41 Å². The largest absolute Gasteiger partial charge is 0.457 e. The maximum Gasteiger partial charge on any atom is 0.205 e. The summed E-state index contributed by atoms with van der Waals surface area (Å²) >= 11 is 0. The molecule has 2 heterocycles. The fourth-order valence-electron chi connectivity index (χ4n) is 2.84. The number of hydrogen-bond donors (Lipinski definition) is 2. The van der Waals surface area contributed by atoms with E-state index in [4.69, 9.17) is 4.74 Å². The highest BCUT2D eigenvalue weighted by atomic mass is 16.5. The van der Waals surface area contributed by atoms with Crippen LogP contribution in [0.2, 0.25) is 0 Å². The number of hydrogen-bond acceptors (Lipinski definition) is 4. The Kier molecular flexibility index (Phi) is 4.28. The van der Waals surface area contributed by atoms with Gasteiger partial charge in [0.05, 0.1) is 11.0 Å². The molecule has 0 aliphatic rings. The van der Waals surface area contributed by atoms with Crippen LogP contribution < -0.4 is 10.1 Å². The third-order valence-electron chi connectivity index (χ3n) is 4.35. The fourth-order valence-corrected chi connectivity index (χ4v) is 2.84. The van der Waals surface area contributed by atoms with Crippen molar-refractivity contribution in [1.82, 2.24) is 15.0 Å². The van der Waals surface area contributed by atoms with Gasteiger partial charge in [0.1, 0.15) is 11.5 Å². The Bertz CT molecular complexity index is 1050. The first-order chi connectivity index (χ1) is 13.0. The van der Waals surface area contributed by atoms with Gasteiger partial charge in [0.2, 0.25) is 5.95 Å². The van der Waals surface area contributed by atoms with E-state index in [0.29, 0.717) is 5.95 Å². The quantitative estimate of drug-likeness (QED) is 0.484. The van der Waals surface area contributed by atoms with Crippen molar-refractivity contribution < 1.29 is 4.74 Å². The van der Waals surface area contributed by atoms with E-state index in [1.807, 2.05) is 30.3 Å². The standard InChI is InChI=1S/C22H22N4O/c1-22(2,3)15-4-6-16(7-5-15)24-21-25-19-9-8-18(14-20(19)26-21)27-17-10-12-23-13-11-17/h4-14H,1-3H3,(H2,24,25,26). The lowest BCUT2D eigenvalue weighted by molar-refractivity contribution is 0.482. The topological polar surface area (TPSA) is 62.8 Å². The molecule has 2 aromatic carbocycles. The molecule has 0 saturated heterocycles. The molecule has 5 nitrogen and oxygen atoms in total. The SMILES string of the molecule is CC(C)(C)c1ccc(Nc2nc3ccc(Oc4ccncc4)cc3[nH]2)cc1. The number of benzene rings is 2. The van der Waals surface area contributed by atoms with Crippen LogP contribution in [0.5, 0.6) is 11.5 Å². The van der Waals surface area contributed by atoms with Gasteiger partial charge in [0.25, 0.3) is 0 Å². The Labute approximate surface area is 158 Å². The number of nitrogens with one attached hydrogen (secondary N) is 2. The highest BCUT2D eigenvalue weighted by Crippen LogP contribution is 2.27. The summed E-state index contributed by atoms with van der Waals surface area (Å²) in [4.78, 5) is 11.9. The molecule has 0 bridgehead atoms. The molecule has 4 aromatic rings. The molecule has 5 heteroatoms. The van der Waals surface area contributed by atoms with Crippen LogP contribution in [0.1, 0.15) is 26.3 Å². The molecular weight excluding hydrogens is 336 g/mol. The number of imidazole rings is 1. The molecule has 0 spiro atoms. The third kappa shape index (κ3) is 3.92. The lowest BCUT2D eigenvalue weighted by Gasteiger charge is -2.19. The maximum absolute atomic E-state index is 5.85. The Hall–Kier alpha value is -3.34. The molecule has 0 atom stereocenters. The lowest BCUT2D eigenvalue weighted by Crippen LogP contribution is -2.10. The molecule has 0 radical (unpaired) electrons. The van der Waals surface area contributed by atoms with E-state index in [0.717, 1.165) is 28.2 Å². The number of nitrogens with zero attached hydrogens (tertiary/aromatic N) is 2. The van der Waals surface area contributed by atoms with Gasteiger partial charge in [-0.1, -0.05) is 32.9 Å². The van der Waals surface area contributed by atoms with Crippen molar-refractivity contribution in [2.75, 3.05) is 5.32 Å². The molecule has 0 fully saturated rings. The van der Waals surface area contributed by atoms with Crippen molar-refractivity contribution in [3.63, 3.8) is 0 Å². The predicted molar refractivity (Wildman–Crippen MR) is 109 cm³/mol. The third-order valence-corrected chi connectivity index (χ3v) is 4.35. The summed E-state index contributed by atoms with van der Waals surface area (Å²) in [5, 5.41) is 3.33. The first-order valence-electron chi connectivity index (χ1n) is 8.93. The highest BCUT2D eigenvalue weighted by molar-refractivity contribution is 5.80. The van der Waals surface area contributed by atoms with E-state index in [9.17, 15) is 0 Å². The summed E-state index contributed by atoms with van der Waals surface area (Å²) in [5.74, 6) is 2.20. The summed E-state index contributed by atoms with van der Waals surface area (Å²) in [6.07, 6.45) is 3.41. The summed E-state index contributed by atoms with van der Waals surface area (Å²) in [7, 11) is 0. The average molecular weight is 358 g/mol. The highest BCUT2D eigenvalue weighted by Gasteiger charge is 2.13. The zero-order valence-corrected chi connectivity index (χ0v) is 15.7. The van der Waals surface area contributed by atoms with Crippen LogP contribution in [-0.2, 0) is 5.41 Å². The molecule has 0 aliphatic heterocycles. The monoisotopic (exact) mass is 358 g/mol. The Morgan fingerprint density at radius 1 is 0.889 bits per heavy atom. The van der Waals surface area contributed by atoms with Crippen LogP contribution in [0, 0.1) is 0 Å². The van der Waals surface area contributed by atoms with Gasteiger partial charge in [-0.15, -0.1) is 0 Å². The minimum atomic E-state index is 0.142. The normalized spacial score (nSPS) is 11.5. The van der Waals surface area contributed by atoms with Gasteiger partial charge in [-0.2, -0.15) is 0 Å². The molecule has 136 valence electrons. The van der Waals surface area contributed by atoms with E-state index in [1.54, 1.807) is 12.4 Å². The number of pyridine rings is 1. The van der Waals surface area contributed by atoms with Crippen LogP contribution in [0.15, 0.2) is 67.0 Å². The van der Waals surface area contributed by atoms with Gasteiger partial charge in [-0.25, -0.2) is 4.98 Å². The smallest absolute Gasteiger partial charge is 0.205 e. The van der Waals surface area contributed by atoms with Crippen LogP contribution >= 0.6 is 0 Å². The lowest BCUT2D eigenvalue weighted by atomic mass is 9.87. The molecular formula is C22H22N4O. The van der Waals surface area contributed by atoms with Crippen LogP contribution in [0.4, 0.5) is 11.6 Å². The van der Waals surface area contributed by atoms with Gasteiger partial charge in [-0.3, -0.25) is 4.98 Å². The minimum absolute atomic E-state index is 0.142. The van der Waals surface area contributed by atoms with E-state index in [1.165, 1.54) is 5.56 Å². The van der Waals surface area contributed by atoms with E-state index < -0.39 is 0 Å². The van der Waals surface area contributed by atoms with E-state index >= 15 is 0 Å². The molecule has 2 N–H and O–H groups in total. The van der Waals surface area contributed by atoms with Crippen molar-refractivity contribution in [2.45, 2.75) is 26.2 Å². The Morgan fingerprint density at radius 2 is 1.63 bits per heavy atom. The van der Waals surface area contributed by atoms with Crippen molar-refractivity contribution in [1.29, 1.82) is 0 Å². The van der Waals surface area contributed by atoms with E-state index in [2.05, 4.69) is 65.3 Å². The predicted octanol–water partition coefficient (Wildman–Crippen LogP) is 5.79. The number of rotatable bonds is 4. The second-order valence-electron chi connectivity index (χ2n) is 7.50. The summed E-state index contributed by atoms with van der Waals surface area (Å²) in [5.41, 5.74) is 4.23. The molecule has 2 aromatic heterocycles. The average Bonchev–Trinajstić information content (AvgIpc) is 3.04. The minimum Gasteiger partial charge on any atom is -0.457 e. The zero-order valence-electron chi connectivity index (χ0n) is 15.7. The first kappa shape index (κ1) is 17.1. The van der Waals surface area contributed by atoms with Gasteiger partial charge < -0.3 is 15.0 Å². The second kappa shape index (κ2) is 6.76. The number of H-pyrrole nitrogens is 1. The van der Waals surface area contributed by atoms with Gasteiger partial charge >= 0.3 is 0 Å². The number of ether oxygens (including phenoxy) is 1. The van der Waals surface area contributed by atoms with Crippen molar-refractivity contribution >= 4 is 22.7 Å². The van der Waals surface area contributed by atoms with Crippen LogP contribution in [-0.4, -0.2) is 15.0 Å². The fraction of sp³-hybridized carbons (Fsp3) is 0.182. The molecule has 0 aliphatic carbocycles. The molecule has 0 unspecified atom stereocenters. The zero-order chi connectivity index (χ0) is 18.9. The van der Waals surface area contributed by atoms with Gasteiger partial charge in [-0.05, 0) is 47.4 Å². The summed E-state index contributed by atoms with van der Waals surface area (Å²) in [6.45, 7) is 6.63. The molecule has 4 rings (SSSR count). The number of aromatic amines is 1. The Morgan fingerprint density at radius 3 is 2.33 bits per heavy atom. The van der Waals surface area contributed by atoms with Crippen LogP contribution in [0.3, 0.4) is 0 Å². The van der Waals surface area contributed by atoms with Gasteiger partial charge in [0.15, 0.2) is 0 Å². The second-order valence-corrected chi connectivity index (χ2v) is 7.50. The van der Waals surface area contributed by atoms with Crippen molar-refractivity contribution in [3.05, 3.63) is 72.6 Å². The number of aromatic nitrogens is 3. The van der Waals surface area contributed by atoms with Crippen molar-refractivity contribution in [2.24, 2.45) is 0 Å². The Balaban J connectivity index is 1.53. The molecule has 0 saturated carbocycles. The summed E-state index contributed by atoms with van der Waals surface area (Å²) < 4.78 is 5.85. The number of fused-ring (bicyclic) bond motifs is 1.